The SMILES string of the molecule is CCOC(=O)C(Br)c1cccc2c1C(C)(C)COC2. The van der Waals surface area contributed by atoms with Crippen molar-refractivity contribution in [1.29, 1.82) is 0 Å². The van der Waals surface area contributed by atoms with E-state index in [1.54, 1.807) is 0 Å². The standard InChI is InChI=1S/C15H19BrO3/c1-4-19-14(17)13(16)11-7-5-6-10-8-18-9-15(2,3)12(10)11/h5-7,13H,4,8-9H2,1-3H3. The van der Waals surface area contributed by atoms with Crippen LogP contribution in [0.25, 0.3) is 0 Å². The number of alkyl halides is 1. The first-order valence-electron chi connectivity index (χ1n) is 6.48. The minimum absolute atomic E-state index is 0.0946. The van der Waals surface area contributed by atoms with Crippen LogP contribution in [0.5, 0.6) is 0 Å². The largest absolute Gasteiger partial charge is 0.465 e. The van der Waals surface area contributed by atoms with Gasteiger partial charge in [-0.25, -0.2) is 0 Å². The molecule has 0 saturated carbocycles. The van der Waals surface area contributed by atoms with Gasteiger partial charge in [-0.05, 0) is 23.6 Å². The molecule has 1 aromatic carbocycles. The van der Waals surface area contributed by atoms with Crippen molar-refractivity contribution < 1.29 is 14.3 Å². The van der Waals surface area contributed by atoms with E-state index in [9.17, 15) is 4.79 Å². The van der Waals surface area contributed by atoms with E-state index in [2.05, 4.69) is 35.8 Å². The van der Waals surface area contributed by atoms with Gasteiger partial charge in [-0.1, -0.05) is 48.0 Å². The van der Waals surface area contributed by atoms with Crippen molar-refractivity contribution in [2.75, 3.05) is 13.2 Å². The van der Waals surface area contributed by atoms with E-state index in [4.69, 9.17) is 9.47 Å². The first-order chi connectivity index (χ1) is 8.97. The quantitative estimate of drug-likeness (QED) is 0.630. The van der Waals surface area contributed by atoms with Crippen LogP contribution in [0.1, 0.15) is 42.3 Å². The highest BCUT2D eigenvalue weighted by atomic mass is 79.9. The van der Waals surface area contributed by atoms with Gasteiger partial charge in [0.2, 0.25) is 0 Å². The Labute approximate surface area is 122 Å². The van der Waals surface area contributed by atoms with Gasteiger partial charge in [-0.15, -0.1) is 0 Å². The lowest BCUT2D eigenvalue weighted by Gasteiger charge is -2.35. The summed E-state index contributed by atoms with van der Waals surface area (Å²) >= 11 is 3.47. The molecule has 0 radical (unpaired) electrons. The van der Waals surface area contributed by atoms with Gasteiger partial charge in [0.05, 0.1) is 19.8 Å². The Morgan fingerprint density at radius 1 is 1.53 bits per heavy atom. The summed E-state index contributed by atoms with van der Waals surface area (Å²) in [5.41, 5.74) is 3.26. The maximum absolute atomic E-state index is 11.9. The summed E-state index contributed by atoms with van der Waals surface area (Å²) < 4.78 is 10.7. The molecule has 1 unspecified atom stereocenters. The van der Waals surface area contributed by atoms with Gasteiger partial charge < -0.3 is 9.47 Å². The minimum Gasteiger partial charge on any atom is -0.465 e. The first kappa shape index (κ1) is 14.5. The number of esters is 1. The van der Waals surface area contributed by atoms with E-state index in [0.717, 1.165) is 11.1 Å². The van der Waals surface area contributed by atoms with E-state index < -0.39 is 4.83 Å². The molecule has 1 aromatic rings. The Kier molecular flexibility index (Phi) is 4.31. The van der Waals surface area contributed by atoms with Crippen LogP contribution < -0.4 is 0 Å². The summed E-state index contributed by atoms with van der Waals surface area (Å²) in [6.45, 7) is 7.76. The molecule has 0 spiro atoms. The molecule has 1 aliphatic rings. The summed E-state index contributed by atoms with van der Waals surface area (Å²) in [5, 5.41) is 0. The zero-order valence-corrected chi connectivity index (χ0v) is 13.1. The summed E-state index contributed by atoms with van der Waals surface area (Å²) in [6, 6.07) is 6.01. The van der Waals surface area contributed by atoms with Crippen LogP contribution in [0.3, 0.4) is 0 Å². The van der Waals surface area contributed by atoms with Crippen LogP contribution in [0, 0.1) is 0 Å². The molecule has 104 valence electrons. The lowest BCUT2D eigenvalue weighted by Crippen LogP contribution is -2.32. The predicted molar refractivity (Wildman–Crippen MR) is 77.4 cm³/mol. The highest BCUT2D eigenvalue weighted by Gasteiger charge is 2.34. The van der Waals surface area contributed by atoms with Crippen molar-refractivity contribution >= 4 is 21.9 Å². The number of ether oxygens (including phenoxy) is 2. The molecule has 0 saturated heterocycles. The van der Waals surface area contributed by atoms with Gasteiger partial charge in [-0.3, -0.25) is 4.79 Å². The second-order valence-electron chi connectivity index (χ2n) is 5.37. The molecule has 0 aromatic heterocycles. The van der Waals surface area contributed by atoms with E-state index in [1.165, 1.54) is 5.56 Å². The molecule has 0 amide bonds. The van der Waals surface area contributed by atoms with Crippen molar-refractivity contribution in [1.82, 2.24) is 0 Å². The summed E-state index contributed by atoms with van der Waals surface area (Å²) in [7, 11) is 0. The molecular weight excluding hydrogens is 308 g/mol. The Bertz CT molecular complexity index is 482. The molecule has 0 bridgehead atoms. The van der Waals surface area contributed by atoms with Crippen LogP contribution in [-0.4, -0.2) is 19.2 Å². The Hall–Kier alpha value is -0.870. The number of hydrogen-bond acceptors (Lipinski definition) is 3. The number of fused-ring (bicyclic) bond motifs is 1. The fraction of sp³-hybridized carbons (Fsp3) is 0.533. The fourth-order valence-electron chi connectivity index (χ4n) is 2.61. The predicted octanol–water partition coefficient (Wildman–Crippen LogP) is 3.49. The second-order valence-corrected chi connectivity index (χ2v) is 6.29. The molecule has 0 fully saturated rings. The van der Waals surface area contributed by atoms with Gasteiger partial charge in [0.1, 0.15) is 4.83 Å². The van der Waals surface area contributed by atoms with Gasteiger partial charge in [0, 0.05) is 5.41 Å². The Morgan fingerprint density at radius 3 is 2.95 bits per heavy atom. The molecule has 0 aliphatic carbocycles. The lowest BCUT2D eigenvalue weighted by molar-refractivity contribution is -0.142. The van der Waals surface area contributed by atoms with Crippen molar-refractivity contribution in [2.45, 2.75) is 37.6 Å². The van der Waals surface area contributed by atoms with Crippen LogP contribution in [0.4, 0.5) is 0 Å². The zero-order valence-electron chi connectivity index (χ0n) is 11.5. The maximum Gasteiger partial charge on any atom is 0.324 e. The van der Waals surface area contributed by atoms with Crippen LogP contribution >= 0.6 is 15.9 Å². The molecule has 1 atom stereocenters. The molecule has 3 nitrogen and oxygen atoms in total. The molecule has 0 N–H and O–H groups in total. The topological polar surface area (TPSA) is 35.5 Å². The second kappa shape index (κ2) is 5.63. The number of benzene rings is 1. The van der Waals surface area contributed by atoms with Crippen LogP contribution in [-0.2, 0) is 26.3 Å². The first-order valence-corrected chi connectivity index (χ1v) is 7.39. The van der Waals surface area contributed by atoms with Crippen LogP contribution in [0.15, 0.2) is 18.2 Å². The third-order valence-electron chi connectivity index (χ3n) is 3.35. The van der Waals surface area contributed by atoms with E-state index in [1.807, 2.05) is 19.1 Å². The van der Waals surface area contributed by atoms with E-state index >= 15 is 0 Å². The smallest absolute Gasteiger partial charge is 0.324 e. The van der Waals surface area contributed by atoms with Crippen LogP contribution in [0.2, 0.25) is 0 Å². The number of rotatable bonds is 3. The number of carbonyl (C=O) groups excluding carboxylic acids is 1. The van der Waals surface area contributed by atoms with E-state index in [0.29, 0.717) is 19.8 Å². The third kappa shape index (κ3) is 2.84. The summed E-state index contributed by atoms with van der Waals surface area (Å²) in [5.74, 6) is -0.238. The molecular formula is C15H19BrO3. The zero-order chi connectivity index (χ0) is 14.0. The monoisotopic (exact) mass is 326 g/mol. The summed E-state index contributed by atoms with van der Waals surface area (Å²) in [6.07, 6.45) is 0. The number of halogens is 1. The molecule has 4 heteroatoms. The number of hydrogen-bond donors (Lipinski definition) is 0. The molecule has 19 heavy (non-hydrogen) atoms. The van der Waals surface area contributed by atoms with Gasteiger partial charge >= 0.3 is 5.97 Å². The minimum atomic E-state index is -0.417. The Balaban J connectivity index is 2.45. The van der Waals surface area contributed by atoms with Gasteiger partial charge in [0.15, 0.2) is 0 Å². The molecule has 1 aliphatic heterocycles. The highest BCUT2D eigenvalue weighted by Crippen LogP contribution is 2.39. The number of carbonyl (C=O) groups is 1. The van der Waals surface area contributed by atoms with Gasteiger partial charge in [-0.2, -0.15) is 0 Å². The average Bonchev–Trinajstić information content (AvgIpc) is 2.37. The molecule has 1 heterocycles. The Morgan fingerprint density at radius 2 is 2.26 bits per heavy atom. The van der Waals surface area contributed by atoms with Crippen molar-refractivity contribution in [3.05, 3.63) is 34.9 Å². The van der Waals surface area contributed by atoms with Crippen molar-refractivity contribution in [3.8, 4) is 0 Å². The van der Waals surface area contributed by atoms with Crippen molar-refractivity contribution in [2.24, 2.45) is 0 Å². The molecule has 2 rings (SSSR count). The third-order valence-corrected chi connectivity index (χ3v) is 4.21. The average molecular weight is 327 g/mol. The van der Waals surface area contributed by atoms with Gasteiger partial charge in [0.25, 0.3) is 0 Å². The van der Waals surface area contributed by atoms with Crippen molar-refractivity contribution in [3.63, 3.8) is 0 Å². The highest BCUT2D eigenvalue weighted by molar-refractivity contribution is 9.09. The fourth-order valence-corrected chi connectivity index (χ4v) is 3.12. The lowest BCUT2D eigenvalue weighted by atomic mass is 9.77. The van der Waals surface area contributed by atoms with E-state index in [-0.39, 0.29) is 11.4 Å². The maximum atomic E-state index is 11.9. The summed E-state index contributed by atoms with van der Waals surface area (Å²) in [4.78, 5) is 11.5. The normalized spacial score (nSPS) is 18.5.